The van der Waals surface area contributed by atoms with E-state index in [2.05, 4.69) is 10.2 Å². The highest BCUT2D eigenvalue weighted by molar-refractivity contribution is 6.30. The van der Waals surface area contributed by atoms with Crippen molar-refractivity contribution in [2.75, 3.05) is 12.3 Å². The van der Waals surface area contributed by atoms with E-state index < -0.39 is 0 Å². The molecule has 0 spiro atoms. The Bertz CT molecular complexity index is 903. The van der Waals surface area contributed by atoms with Crippen LogP contribution in [0.15, 0.2) is 42.5 Å². The Morgan fingerprint density at radius 2 is 2.04 bits per heavy atom. The second kappa shape index (κ2) is 5.83. The van der Waals surface area contributed by atoms with E-state index in [1.54, 1.807) is 0 Å². The van der Waals surface area contributed by atoms with Crippen molar-refractivity contribution in [2.24, 2.45) is 0 Å². The Morgan fingerprint density at radius 3 is 2.83 bits per heavy atom. The quantitative estimate of drug-likeness (QED) is 0.745. The zero-order chi connectivity index (χ0) is 16.7. The summed E-state index contributed by atoms with van der Waals surface area (Å²) in [6.45, 7) is 0.755. The van der Waals surface area contributed by atoms with Crippen molar-refractivity contribution in [2.45, 2.75) is 18.9 Å². The van der Waals surface area contributed by atoms with E-state index in [9.17, 15) is 4.79 Å². The Morgan fingerprint density at radius 1 is 1.25 bits per heavy atom. The van der Waals surface area contributed by atoms with Gasteiger partial charge in [0.25, 0.3) is 5.91 Å². The van der Waals surface area contributed by atoms with Crippen LogP contribution in [0.3, 0.4) is 0 Å². The number of nitrogens with zero attached hydrogens (tertiary/aromatic N) is 2. The van der Waals surface area contributed by atoms with Crippen LogP contribution in [-0.4, -0.2) is 27.5 Å². The molecule has 2 heterocycles. The molecular weight excluding hydrogens is 324 g/mol. The number of halogens is 1. The van der Waals surface area contributed by atoms with Crippen molar-refractivity contribution in [3.05, 3.63) is 58.6 Å². The fraction of sp³-hybridized carbons (Fsp3) is 0.222. The Kier molecular flexibility index (Phi) is 3.65. The summed E-state index contributed by atoms with van der Waals surface area (Å²) in [5, 5.41) is 8.32. The number of carbonyl (C=O) groups is 1. The minimum Gasteiger partial charge on any atom is -0.382 e. The SMILES string of the molecule is Nc1n[nH]c2ccc(C(=O)N3CCC[C@@H]3c3ccc(Cl)cc3)cc12. The Labute approximate surface area is 144 Å². The van der Waals surface area contributed by atoms with Crippen LogP contribution in [0.25, 0.3) is 10.9 Å². The average molecular weight is 341 g/mol. The minimum atomic E-state index is 0.0231. The summed E-state index contributed by atoms with van der Waals surface area (Å²) in [5.74, 6) is 0.435. The number of likely N-dealkylation sites (tertiary alicyclic amines) is 1. The summed E-state index contributed by atoms with van der Waals surface area (Å²) in [6, 6.07) is 13.3. The molecule has 122 valence electrons. The van der Waals surface area contributed by atoms with Gasteiger partial charge in [0.15, 0.2) is 5.82 Å². The molecule has 6 heteroatoms. The number of nitrogen functional groups attached to an aromatic ring is 1. The maximum Gasteiger partial charge on any atom is 0.254 e. The van der Waals surface area contributed by atoms with Gasteiger partial charge < -0.3 is 10.6 Å². The fourth-order valence-corrected chi connectivity index (χ4v) is 3.50. The molecule has 1 amide bonds. The van der Waals surface area contributed by atoms with Crippen LogP contribution in [-0.2, 0) is 0 Å². The highest BCUT2D eigenvalue weighted by Crippen LogP contribution is 2.34. The molecular formula is C18H17ClN4O. The van der Waals surface area contributed by atoms with Gasteiger partial charge in [0.05, 0.1) is 11.6 Å². The molecule has 5 nitrogen and oxygen atoms in total. The van der Waals surface area contributed by atoms with Crippen molar-refractivity contribution in [1.82, 2.24) is 15.1 Å². The molecule has 1 aliphatic rings. The van der Waals surface area contributed by atoms with E-state index in [1.807, 2.05) is 47.4 Å². The lowest BCUT2D eigenvalue weighted by atomic mass is 10.0. The molecule has 3 aromatic rings. The molecule has 1 aliphatic heterocycles. The van der Waals surface area contributed by atoms with Gasteiger partial charge in [0.2, 0.25) is 0 Å². The minimum absolute atomic E-state index is 0.0231. The lowest BCUT2D eigenvalue weighted by Gasteiger charge is -2.25. The number of rotatable bonds is 2. The highest BCUT2D eigenvalue weighted by atomic mass is 35.5. The molecule has 0 saturated carbocycles. The van der Waals surface area contributed by atoms with Gasteiger partial charge in [-0.15, -0.1) is 0 Å². The molecule has 0 bridgehead atoms. The molecule has 0 unspecified atom stereocenters. The summed E-state index contributed by atoms with van der Waals surface area (Å²) in [4.78, 5) is 14.9. The number of carbonyl (C=O) groups excluding carboxylic acids is 1. The van der Waals surface area contributed by atoms with E-state index in [0.29, 0.717) is 16.4 Å². The predicted molar refractivity (Wildman–Crippen MR) is 95.0 cm³/mol. The smallest absolute Gasteiger partial charge is 0.254 e. The molecule has 1 saturated heterocycles. The molecule has 0 aliphatic carbocycles. The topological polar surface area (TPSA) is 75.0 Å². The monoisotopic (exact) mass is 340 g/mol. The standard InChI is InChI=1S/C18H17ClN4O/c19-13-6-3-11(4-7-13)16-2-1-9-23(16)18(24)12-5-8-15-14(10-12)17(20)22-21-15/h3-8,10,16H,1-2,9H2,(H3,20,21,22)/t16-/m1/s1. The zero-order valence-corrected chi connectivity index (χ0v) is 13.8. The number of H-pyrrole nitrogens is 1. The van der Waals surface area contributed by atoms with Crippen molar-refractivity contribution in [1.29, 1.82) is 0 Å². The number of hydrogen-bond donors (Lipinski definition) is 2. The number of anilines is 1. The van der Waals surface area contributed by atoms with Gasteiger partial charge in [-0.05, 0) is 48.7 Å². The lowest BCUT2D eigenvalue weighted by Crippen LogP contribution is -2.30. The number of nitrogens with two attached hydrogens (primary N) is 1. The van der Waals surface area contributed by atoms with Crippen LogP contribution in [0.2, 0.25) is 5.02 Å². The van der Waals surface area contributed by atoms with Crippen molar-refractivity contribution in [3.8, 4) is 0 Å². The van der Waals surface area contributed by atoms with Gasteiger partial charge in [0, 0.05) is 22.5 Å². The maximum absolute atomic E-state index is 13.0. The number of aromatic nitrogens is 2. The number of amides is 1. The van der Waals surface area contributed by atoms with Crippen LogP contribution < -0.4 is 5.73 Å². The third-order valence-corrected chi connectivity index (χ3v) is 4.86. The van der Waals surface area contributed by atoms with Crippen LogP contribution in [0.5, 0.6) is 0 Å². The van der Waals surface area contributed by atoms with Crippen LogP contribution in [0, 0.1) is 0 Å². The molecule has 1 fully saturated rings. The summed E-state index contributed by atoms with van der Waals surface area (Å²) in [7, 11) is 0. The third-order valence-electron chi connectivity index (χ3n) is 4.61. The number of nitrogens with one attached hydrogen (secondary N) is 1. The zero-order valence-electron chi connectivity index (χ0n) is 13.0. The second-order valence-electron chi connectivity index (χ2n) is 6.08. The first-order valence-corrected chi connectivity index (χ1v) is 8.31. The van der Waals surface area contributed by atoms with Gasteiger partial charge in [0.1, 0.15) is 0 Å². The van der Waals surface area contributed by atoms with Gasteiger partial charge in [-0.3, -0.25) is 9.89 Å². The van der Waals surface area contributed by atoms with Crippen molar-refractivity contribution < 1.29 is 4.79 Å². The van der Waals surface area contributed by atoms with Crippen molar-refractivity contribution >= 4 is 34.2 Å². The van der Waals surface area contributed by atoms with E-state index in [4.69, 9.17) is 17.3 Å². The van der Waals surface area contributed by atoms with E-state index in [1.165, 1.54) is 0 Å². The normalized spacial score (nSPS) is 17.5. The van der Waals surface area contributed by atoms with Gasteiger partial charge in [-0.1, -0.05) is 23.7 Å². The lowest BCUT2D eigenvalue weighted by molar-refractivity contribution is 0.0736. The first-order chi connectivity index (χ1) is 11.6. The molecule has 1 aromatic heterocycles. The average Bonchev–Trinajstić information content (AvgIpc) is 3.22. The van der Waals surface area contributed by atoms with Gasteiger partial charge in [-0.25, -0.2) is 0 Å². The number of benzene rings is 2. The first kappa shape index (κ1) is 15.0. The predicted octanol–water partition coefficient (Wildman–Crippen LogP) is 3.78. The van der Waals surface area contributed by atoms with Crippen LogP contribution in [0.4, 0.5) is 5.82 Å². The van der Waals surface area contributed by atoms with E-state index in [-0.39, 0.29) is 11.9 Å². The molecule has 3 N–H and O–H groups in total. The van der Waals surface area contributed by atoms with Gasteiger partial charge >= 0.3 is 0 Å². The molecule has 1 atom stereocenters. The Balaban J connectivity index is 1.66. The molecule has 0 radical (unpaired) electrons. The van der Waals surface area contributed by atoms with Crippen LogP contribution in [0.1, 0.15) is 34.8 Å². The molecule has 2 aromatic carbocycles. The molecule has 24 heavy (non-hydrogen) atoms. The summed E-state index contributed by atoms with van der Waals surface area (Å²) >= 11 is 5.97. The van der Waals surface area contributed by atoms with Gasteiger partial charge in [-0.2, -0.15) is 5.10 Å². The first-order valence-electron chi connectivity index (χ1n) is 7.93. The highest BCUT2D eigenvalue weighted by Gasteiger charge is 2.30. The third kappa shape index (κ3) is 2.51. The number of fused-ring (bicyclic) bond motifs is 1. The maximum atomic E-state index is 13.0. The molecule has 4 rings (SSSR count). The Hall–Kier alpha value is -2.53. The van der Waals surface area contributed by atoms with E-state index in [0.717, 1.165) is 35.9 Å². The summed E-state index contributed by atoms with van der Waals surface area (Å²) < 4.78 is 0. The second-order valence-corrected chi connectivity index (χ2v) is 6.51. The van der Waals surface area contributed by atoms with E-state index >= 15 is 0 Å². The summed E-state index contributed by atoms with van der Waals surface area (Å²) in [6.07, 6.45) is 1.96. The fourth-order valence-electron chi connectivity index (χ4n) is 3.37. The number of aromatic amines is 1. The summed E-state index contributed by atoms with van der Waals surface area (Å²) in [5.41, 5.74) is 8.44. The van der Waals surface area contributed by atoms with Crippen molar-refractivity contribution in [3.63, 3.8) is 0 Å². The van der Waals surface area contributed by atoms with Crippen LogP contribution >= 0.6 is 11.6 Å². The number of hydrogen-bond acceptors (Lipinski definition) is 3. The largest absolute Gasteiger partial charge is 0.382 e.